The molecule has 1 unspecified atom stereocenters. The van der Waals surface area contributed by atoms with E-state index < -0.39 is 36.7 Å². The number of carbonyl (C=O) groups is 2. The van der Waals surface area contributed by atoms with Gasteiger partial charge in [0.2, 0.25) is 0 Å². The summed E-state index contributed by atoms with van der Waals surface area (Å²) in [6, 6.07) is 7.79. The number of hydrogen-bond acceptors (Lipinski definition) is 5. The number of ether oxygens (including phenoxy) is 2. The van der Waals surface area contributed by atoms with Crippen molar-refractivity contribution in [1.29, 1.82) is 0 Å². The van der Waals surface area contributed by atoms with Crippen LogP contribution in [-0.4, -0.2) is 53.3 Å². The first-order valence-corrected chi connectivity index (χ1v) is 7.51. The molecular weight excluding hydrogens is 319 g/mol. The van der Waals surface area contributed by atoms with Crippen LogP contribution in [0.4, 0.5) is 9.18 Å². The van der Waals surface area contributed by atoms with Crippen LogP contribution in [0.25, 0.3) is 0 Å². The third kappa shape index (κ3) is 3.55. The van der Waals surface area contributed by atoms with Crippen molar-refractivity contribution in [2.24, 2.45) is 0 Å². The van der Waals surface area contributed by atoms with Crippen molar-refractivity contribution < 1.29 is 28.6 Å². The van der Waals surface area contributed by atoms with Crippen LogP contribution in [-0.2, 0) is 9.47 Å². The van der Waals surface area contributed by atoms with Gasteiger partial charge in [-0.25, -0.2) is 14.0 Å². The fourth-order valence-corrected chi connectivity index (χ4v) is 2.57. The molecule has 0 aromatic heterocycles. The normalized spacial score (nSPS) is 29.4. The van der Waals surface area contributed by atoms with E-state index >= 15 is 0 Å². The minimum atomic E-state index is -1.42. The summed E-state index contributed by atoms with van der Waals surface area (Å²) >= 11 is 0. The molecule has 2 amide bonds. The number of rotatable bonds is 4. The summed E-state index contributed by atoms with van der Waals surface area (Å²) in [6.07, 6.45) is -1.70. The van der Waals surface area contributed by atoms with Gasteiger partial charge in [0.25, 0.3) is 0 Å². The second-order valence-electron chi connectivity index (χ2n) is 5.51. The Morgan fingerprint density at radius 1 is 1.42 bits per heavy atom. The van der Waals surface area contributed by atoms with Crippen LogP contribution >= 0.6 is 0 Å². The average Bonchev–Trinajstić information content (AvgIpc) is 2.94. The number of amides is 2. The number of nitrogens with one attached hydrogen (secondary N) is 1. The highest BCUT2D eigenvalue weighted by molar-refractivity contribution is 5.89. The largest absolute Gasteiger partial charge is 0.459 e. The van der Waals surface area contributed by atoms with Gasteiger partial charge in [-0.2, -0.15) is 0 Å². The molecule has 128 valence electrons. The Balaban J connectivity index is 1.55. The Morgan fingerprint density at radius 2 is 2.17 bits per heavy atom. The molecule has 0 radical (unpaired) electrons. The number of benzene rings is 1. The smallest absolute Gasteiger partial charge is 0.338 e. The molecule has 4 atom stereocenters. The quantitative estimate of drug-likeness (QED) is 0.806. The van der Waals surface area contributed by atoms with Gasteiger partial charge in [-0.1, -0.05) is 18.2 Å². The maximum absolute atomic E-state index is 14.2. The van der Waals surface area contributed by atoms with E-state index in [-0.39, 0.29) is 13.0 Å². The van der Waals surface area contributed by atoms with Gasteiger partial charge in [0.05, 0.1) is 11.7 Å². The van der Waals surface area contributed by atoms with Gasteiger partial charge in [0.15, 0.2) is 6.23 Å². The molecule has 2 aliphatic rings. The van der Waals surface area contributed by atoms with E-state index in [4.69, 9.17) is 9.47 Å². The molecule has 0 bridgehead atoms. The maximum Gasteiger partial charge on any atom is 0.338 e. The summed E-state index contributed by atoms with van der Waals surface area (Å²) in [7, 11) is 0. The first-order chi connectivity index (χ1) is 11.5. The predicted molar refractivity (Wildman–Crippen MR) is 80.4 cm³/mol. The van der Waals surface area contributed by atoms with Crippen LogP contribution in [0.15, 0.2) is 42.6 Å². The van der Waals surface area contributed by atoms with Gasteiger partial charge < -0.3 is 19.9 Å². The van der Waals surface area contributed by atoms with E-state index in [2.05, 4.69) is 5.32 Å². The fraction of sp³-hybridized carbons (Fsp3) is 0.375. The lowest BCUT2D eigenvalue weighted by Crippen LogP contribution is -2.51. The molecule has 1 fully saturated rings. The number of aliphatic hydroxyl groups excluding tert-OH is 1. The Labute approximate surface area is 137 Å². The third-order valence-electron chi connectivity index (χ3n) is 3.75. The number of hydrogen-bond donors (Lipinski definition) is 2. The molecule has 24 heavy (non-hydrogen) atoms. The lowest BCUT2D eigenvalue weighted by atomic mass is 10.2. The molecule has 2 N–H and O–H groups in total. The van der Waals surface area contributed by atoms with Gasteiger partial charge >= 0.3 is 12.0 Å². The van der Waals surface area contributed by atoms with Crippen LogP contribution < -0.4 is 5.32 Å². The monoisotopic (exact) mass is 336 g/mol. The van der Waals surface area contributed by atoms with E-state index in [1.54, 1.807) is 30.3 Å². The Kier molecular flexibility index (Phi) is 4.77. The number of halogens is 1. The van der Waals surface area contributed by atoms with E-state index in [1.807, 2.05) is 0 Å². The zero-order valence-corrected chi connectivity index (χ0v) is 12.7. The molecule has 7 nitrogen and oxygen atoms in total. The van der Waals surface area contributed by atoms with Crippen LogP contribution in [0.1, 0.15) is 16.8 Å². The number of urea groups is 1. The third-order valence-corrected chi connectivity index (χ3v) is 3.75. The van der Waals surface area contributed by atoms with Crippen LogP contribution in [0.5, 0.6) is 0 Å². The van der Waals surface area contributed by atoms with Crippen molar-refractivity contribution in [2.75, 3.05) is 6.61 Å². The first kappa shape index (κ1) is 16.4. The summed E-state index contributed by atoms with van der Waals surface area (Å²) in [6.45, 7) is -0.105. The van der Waals surface area contributed by atoms with E-state index in [9.17, 15) is 19.1 Å². The van der Waals surface area contributed by atoms with Crippen molar-refractivity contribution in [1.82, 2.24) is 10.2 Å². The summed E-state index contributed by atoms with van der Waals surface area (Å²) in [5.41, 5.74) is 0.399. The number of carbonyl (C=O) groups excluding carboxylic acids is 2. The second-order valence-corrected chi connectivity index (χ2v) is 5.51. The number of aliphatic hydroxyl groups is 1. The lowest BCUT2D eigenvalue weighted by Gasteiger charge is -2.30. The van der Waals surface area contributed by atoms with Gasteiger partial charge in [0, 0.05) is 12.6 Å². The number of nitrogens with zero attached hydrogens (tertiary/aromatic N) is 1. The molecule has 1 saturated heterocycles. The summed E-state index contributed by atoms with van der Waals surface area (Å²) in [5, 5.41) is 11.5. The fourth-order valence-electron chi connectivity index (χ4n) is 2.57. The highest BCUT2D eigenvalue weighted by Gasteiger charge is 2.42. The molecule has 0 saturated carbocycles. The van der Waals surface area contributed by atoms with Crippen LogP contribution in [0.3, 0.4) is 0 Å². The SMILES string of the molecule is O=C(OC[C@@H]1C[C@H](F)[C@H](N2C=CC(O)NC2=O)O1)c1ccccc1. The van der Waals surface area contributed by atoms with Gasteiger partial charge in [0.1, 0.15) is 19.0 Å². The van der Waals surface area contributed by atoms with Crippen LogP contribution in [0, 0.1) is 0 Å². The molecule has 0 spiro atoms. The van der Waals surface area contributed by atoms with Gasteiger partial charge in [-0.05, 0) is 18.2 Å². The minimum absolute atomic E-state index is 0.00686. The predicted octanol–water partition coefficient (Wildman–Crippen LogP) is 1.15. The van der Waals surface area contributed by atoms with Crippen molar-refractivity contribution in [3.8, 4) is 0 Å². The number of esters is 1. The Bertz CT molecular complexity index is 639. The van der Waals surface area contributed by atoms with Crippen molar-refractivity contribution in [3.63, 3.8) is 0 Å². The lowest BCUT2D eigenvalue weighted by molar-refractivity contribution is -0.0583. The number of alkyl halides is 1. The zero-order chi connectivity index (χ0) is 17.1. The molecule has 8 heteroatoms. The average molecular weight is 336 g/mol. The van der Waals surface area contributed by atoms with Gasteiger partial charge in [-0.15, -0.1) is 0 Å². The molecule has 2 heterocycles. The molecule has 3 rings (SSSR count). The van der Waals surface area contributed by atoms with Crippen molar-refractivity contribution in [2.45, 2.75) is 31.2 Å². The van der Waals surface area contributed by atoms with Crippen molar-refractivity contribution >= 4 is 12.0 Å². The molecular formula is C16H17FN2O5. The maximum atomic E-state index is 14.2. The summed E-state index contributed by atoms with van der Waals surface area (Å²) in [4.78, 5) is 24.7. The molecule has 1 aromatic carbocycles. The Hall–Kier alpha value is -2.45. The van der Waals surface area contributed by atoms with E-state index in [0.717, 1.165) is 4.90 Å². The first-order valence-electron chi connectivity index (χ1n) is 7.51. The topological polar surface area (TPSA) is 88.1 Å². The Morgan fingerprint density at radius 3 is 2.88 bits per heavy atom. The second kappa shape index (κ2) is 6.98. The van der Waals surface area contributed by atoms with E-state index in [1.165, 1.54) is 12.3 Å². The minimum Gasteiger partial charge on any atom is -0.459 e. The summed E-state index contributed by atoms with van der Waals surface area (Å²) < 4.78 is 24.8. The highest BCUT2D eigenvalue weighted by atomic mass is 19.1. The van der Waals surface area contributed by atoms with Crippen molar-refractivity contribution in [3.05, 3.63) is 48.2 Å². The standard InChI is InChI=1S/C16H17FN2O5/c17-12-8-11(9-23-15(21)10-4-2-1-3-5-10)24-14(12)19-7-6-13(20)18-16(19)22/h1-7,11-14,20H,8-9H2,(H,18,22)/t11-,12-,13?,14+/m0/s1. The highest BCUT2D eigenvalue weighted by Crippen LogP contribution is 2.27. The molecule has 2 aliphatic heterocycles. The van der Waals surface area contributed by atoms with Crippen LogP contribution in [0.2, 0.25) is 0 Å². The van der Waals surface area contributed by atoms with E-state index in [0.29, 0.717) is 5.56 Å². The molecule has 1 aromatic rings. The zero-order valence-electron chi connectivity index (χ0n) is 12.7. The summed E-state index contributed by atoms with van der Waals surface area (Å²) in [5.74, 6) is -0.517. The molecule has 0 aliphatic carbocycles. The van der Waals surface area contributed by atoms with Gasteiger partial charge in [-0.3, -0.25) is 4.90 Å².